The number of amides is 1. The Labute approximate surface area is 109 Å². The van der Waals surface area contributed by atoms with Gasteiger partial charge in [0.25, 0.3) is 0 Å². The summed E-state index contributed by atoms with van der Waals surface area (Å²) in [5.74, 6) is 1.80. The number of rotatable bonds is 6. The standard InChI is InChI=1S/C13H22N4O/c1-5-11-9-12(16-10(2)15-11)17(4)8-6-7-13(18)14-3/h9H,5-8H2,1-4H3,(H,14,18). The zero-order valence-corrected chi connectivity index (χ0v) is 11.7. The Balaban J connectivity index is 2.58. The lowest BCUT2D eigenvalue weighted by molar-refractivity contribution is -0.120. The van der Waals surface area contributed by atoms with Gasteiger partial charge in [0, 0.05) is 38.8 Å². The molecule has 0 aliphatic rings. The summed E-state index contributed by atoms with van der Waals surface area (Å²) in [6.07, 6.45) is 2.27. The molecular formula is C13H22N4O. The van der Waals surface area contributed by atoms with Crippen molar-refractivity contribution in [1.82, 2.24) is 15.3 Å². The molecule has 0 atom stereocenters. The van der Waals surface area contributed by atoms with Gasteiger partial charge in [-0.1, -0.05) is 6.92 Å². The van der Waals surface area contributed by atoms with E-state index in [1.54, 1.807) is 7.05 Å². The fourth-order valence-electron chi connectivity index (χ4n) is 1.71. The number of hydrogen-bond acceptors (Lipinski definition) is 4. The minimum Gasteiger partial charge on any atom is -0.360 e. The highest BCUT2D eigenvalue weighted by molar-refractivity contribution is 5.75. The third kappa shape index (κ3) is 4.31. The van der Waals surface area contributed by atoms with Crippen molar-refractivity contribution >= 4 is 11.7 Å². The normalized spacial score (nSPS) is 10.2. The SMILES string of the molecule is CCc1cc(N(C)CCCC(=O)NC)nc(C)n1. The first-order chi connectivity index (χ1) is 8.56. The number of nitrogens with zero attached hydrogens (tertiary/aromatic N) is 3. The van der Waals surface area contributed by atoms with Crippen molar-refractivity contribution in [1.29, 1.82) is 0 Å². The van der Waals surface area contributed by atoms with Gasteiger partial charge in [0.15, 0.2) is 0 Å². The number of hydrogen-bond donors (Lipinski definition) is 1. The van der Waals surface area contributed by atoms with E-state index < -0.39 is 0 Å². The van der Waals surface area contributed by atoms with Gasteiger partial charge in [-0.05, 0) is 19.8 Å². The summed E-state index contributed by atoms with van der Waals surface area (Å²) in [4.78, 5) is 22.0. The van der Waals surface area contributed by atoms with Crippen LogP contribution in [0.3, 0.4) is 0 Å². The van der Waals surface area contributed by atoms with Crippen molar-refractivity contribution in [2.75, 3.05) is 25.5 Å². The predicted molar refractivity (Wildman–Crippen MR) is 72.7 cm³/mol. The second-order valence-electron chi connectivity index (χ2n) is 4.32. The first-order valence-electron chi connectivity index (χ1n) is 6.33. The van der Waals surface area contributed by atoms with E-state index in [4.69, 9.17) is 0 Å². The van der Waals surface area contributed by atoms with E-state index in [2.05, 4.69) is 27.1 Å². The Morgan fingerprint density at radius 2 is 2.17 bits per heavy atom. The molecule has 0 fully saturated rings. The fourth-order valence-corrected chi connectivity index (χ4v) is 1.71. The van der Waals surface area contributed by atoms with Crippen molar-refractivity contribution in [2.24, 2.45) is 0 Å². The third-order valence-corrected chi connectivity index (χ3v) is 2.81. The third-order valence-electron chi connectivity index (χ3n) is 2.81. The quantitative estimate of drug-likeness (QED) is 0.827. The Hall–Kier alpha value is -1.65. The molecule has 100 valence electrons. The molecule has 1 aromatic rings. The summed E-state index contributed by atoms with van der Waals surface area (Å²) in [7, 11) is 3.65. The van der Waals surface area contributed by atoms with Gasteiger partial charge in [-0.25, -0.2) is 9.97 Å². The first-order valence-corrected chi connectivity index (χ1v) is 6.33. The van der Waals surface area contributed by atoms with E-state index in [9.17, 15) is 4.79 Å². The molecule has 1 aromatic heterocycles. The van der Waals surface area contributed by atoms with Gasteiger partial charge < -0.3 is 10.2 Å². The molecule has 0 saturated carbocycles. The average molecular weight is 250 g/mol. The van der Waals surface area contributed by atoms with Crippen LogP contribution < -0.4 is 10.2 Å². The largest absolute Gasteiger partial charge is 0.360 e. The van der Waals surface area contributed by atoms with Crippen LogP contribution in [0.15, 0.2) is 6.07 Å². The number of carbonyl (C=O) groups excluding carboxylic acids is 1. The van der Waals surface area contributed by atoms with Crippen molar-refractivity contribution in [2.45, 2.75) is 33.1 Å². The van der Waals surface area contributed by atoms with Crippen LogP contribution >= 0.6 is 0 Å². The minimum absolute atomic E-state index is 0.0801. The zero-order valence-electron chi connectivity index (χ0n) is 11.7. The summed E-state index contributed by atoms with van der Waals surface area (Å²) < 4.78 is 0. The van der Waals surface area contributed by atoms with Crippen molar-refractivity contribution in [3.8, 4) is 0 Å². The molecule has 5 nitrogen and oxygen atoms in total. The zero-order chi connectivity index (χ0) is 13.5. The van der Waals surface area contributed by atoms with Crippen molar-refractivity contribution < 1.29 is 4.79 Å². The number of carbonyl (C=O) groups is 1. The molecule has 0 aliphatic carbocycles. The Bertz CT molecular complexity index is 406. The van der Waals surface area contributed by atoms with Crippen LogP contribution in [0.4, 0.5) is 5.82 Å². The van der Waals surface area contributed by atoms with Crippen LogP contribution in [0, 0.1) is 6.92 Å². The molecule has 0 unspecified atom stereocenters. The van der Waals surface area contributed by atoms with Crippen LogP contribution in [0.25, 0.3) is 0 Å². The minimum atomic E-state index is 0.0801. The molecule has 0 aliphatic heterocycles. The lowest BCUT2D eigenvalue weighted by Crippen LogP contribution is -2.23. The second kappa shape index (κ2) is 6.93. The molecule has 5 heteroatoms. The summed E-state index contributed by atoms with van der Waals surface area (Å²) in [5, 5.41) is 2.62. The number of aromatic nitrogens is 2. The molecule has 1 heterocycles. The van der Waals surface area contributed by atoms with E-state index in [1.807, 2.05) is 20.0 Å². The Morgan fingerprint density at radius 1 is 1.44 bits per heavy atom. The smallest absolute Gasteiger partial charge is 0.219 e. The molecule has 0 saturated heterocycles. The molecule has 0 bridgehead atoms. The van der Waals surface area contributed by atoms with E-state index in [0.29, 0.717) is 6.42 Å². The van der Waals surface area contributed by atoms with Crippen molar-refractivity contribution in [3.63, 3.8) is 0 Å². The maximum Gasteiger partial charge on any atom is 0.219 e. The molecule has 1 amide bonds. The van der Waals surface area contributed by atoms with Crippen LogP contribution in [0.5, 0.6) is 0 Å². The predicted octanol–water partition coefficient (Wildman–Crippen LogP) is 1.31. The van der Waals surface area contributed by atoms with Crippen LogP contribution in [0.2, 0.25) is 0 Å². The summed E-state index contributed by atoms with van der Waals surface area (Å²) in [6.45, 7) is 4.80. The summed E-state index contributed by atoms with van der Waals surface area (Å²) in [5.41, 5.74) is 1.05. The van der Waals surface area contributed by atoms with E-state index >= 15 is 0 Å². The van der Waals surface area contributed by atoms with Crippen LogP contribution in [0.1, 0.15) is 31.3 Å². The maximum absolute atomic E-state index is 11.1. The van der Waals surface area contributed by atoms with Gasteiger partial charge in [-0.15, -0.1) is 0 Å². The average Bonchev–Trinajstić information content (AvgIpc) is 2.37. The lowest BCUT2D eigenvalue weighted by Gasteiger charge is -2.18. The topological polar surface area (TPSA) is 58.1 Å². The second-order valence-corrected chi connectivity index (χ2v) is 4.32. The van der Waals surface area contributed by atoms with Gasteiger partial charge in [0.1, 0.15) is 11.6 Å². The molecule has 1 rings (SSSR count). The number of anilines is 1. The highest BCUT2D eigenvalue weighted by atomic mass is 16.1. The maximum atomic E-state index is 11.1. The van der Waals surface area contributed by atoms with E-state index in [0.717, 1.165) is 36.7 Å². The van der Waals surface area contributed by atoms with E-state index in [1.165, 1.54) is 0 Å². The van der Waals surface area contributed by atoms with Gasteiger partial charge >= 0.3 is 0 Å². The van der Waals surface area contributed by atoms with E-state index in [-0.39, 0.29) is 5.91 Å². The number of nitrogens with one attached hydrogen (secondary N) is 1. The number of aryl methyl sites for hydroxylation is 2. The molecule has 0 aromatic carbocycles. The first kappa shape index (κ1) is 14.4. The van der Waals surface area contributed by atoms with Gasteiger partial charge in [0.05, 0.1) is 0 Å². The summed E-state index contributed by atoms with van der Waals surface area (Å²) >= 11 is 0. The Kier molecular flexibility index (Phi) is 5.55. The molecular weight excluding hydrogens is 228 g/mol. The van der Waals surface area contributed by atoms with Crippen LogP contribution in [-0.2, 0) is 11.2 Å². The van der Waals surface area contributed by atoms with Gasteiger partial charge in [-0.3, -0.25) is 4.79 Å². The van der Waals surface area contributed by atoms with Crippen molar-refractivity contribution in [3.05, 3.63) is 17.6 Å². The highest BCUT2D eigenvalue weighted by Gasteiger charge is 2.06. The Morgan fingerprint density at radius 3 is 2.78 bits per heavy atom. The van der Waals surface area contributed by atoms with Gasteiger partial charge in [-0.2, -0.15) is 0 Å². The molecule has 18 heavy (non-hydrogen) atoms. The molecule has 1 N–H and O–H groups in total. The lowest BCUT2D eigenvalue weighted by atomic mass is 10.2. The molecule has 0 radical (unpaired) electrons. The van der Waals surface area contributed by atoms with Gasteiger partial charge in [0.2, 0.25) is 5.91 Å². The molecule has 0 spiro atoms. The van der Waals surface area contributed by atoms with Crippen LogP contribution in [-0.4, -0.2) is 36.5 Å². The highest BCUT2D eigenvalue weighted by Crippen LogP contribution is 2.12. The summed E-state index contributed by atoms with van der Waals surface area (Å²) in [6, 6.07) is 2.01. The fraction of sp³-hybridized carbons (Fsp3) is 0.615. The monoisotopic (exact) mass is 250 g/mol.